The van der Waals surface area contributed by atoms with Crippen molar-refractivity contribution < 1.29 is 29.3 Å². The van der Waals surface area contributed by atoms with Crippen molar-refractivity contribution in [2.24, 2.45) is 0 Å². The predicted molar refractivity (Wildman–Crippen MR) is 83.7 cm³/mol. The Morgan fingerprint density at radius 3 is 1.59 bits per heavy atom. The van der Waals surface area contributed by atoms with Crippen LogP contribution in [0.5, 0.6) is 0 Å². The molecular weight excluding hydrogens is 288 g/mol. The van der Waals surface area contributed by atoms with Gasteiger partial charge in [-0.2, -0.15) is 0 Å². The lowest BCUT2D eigenvalue weighted by Crippen LogP contribution is -2.23. The lowest BCUT2D eigenvalue weighted by molar-refractivity contribution is -0.159. The van der Waals surface area contributed by atoms with Crippen molar-refractivity contribution in [3.05, 3.63) is 0 Å². The van der Waals surface area contributed by atoms with Crippen LogP contribution in [0.3, 0.4) is 0 Å². The third-order valence-corrected chi connectivity index (χ3v) is 2.59. The van der Waals surface area contributed by atoms with Crippen LogP contribution in [0, 0.1) is 0 Å². The number of carbonyl (C=O) groups excluding carboxylic acids is 1. The average molecular weight is 318 g/mol. The Labute approximate surface area is 132 Å². The number of aliphatic carboxylic acids is 2. The van der Waals surface area contributed by atoms with Crippen molar-refractivity contribution in [3.8, 4) is 0 Å². The lowest BCUT2D eigenvalue weighted by Gasteiger charge is -2.19. The van der Waals surface area contributed by atoms with Crippen LogP contribution in [0.25, 0.3) is 0 Å². The Hall–Kier alpha value is -1.59. The maximum absolute atomic E-state index is 11.4. The van der Waals surface area contributed by atoms with E-state index in [1.807, 2.05) is 20.8 Å². The summed E-state index contributed by atoms with van der Waals surface area (Å²) in [5, 5.41) is 14.8. The first-order chi connectivity index (χ1) is 10.1. The monoisotopic (exact) mass is 318 g/mol. The van der Waals surface area contributed by atoms with Crippen LogP contribution < -0.4 is 0 Å². The van der Waals surface area contributed by atoms with Crippen molar-refractivity contribution in [2.75, 3.05) is 0 Å². The minimum Gasteiger partial charge on any atom is -0.473 e. The minimum absolute atomic E-state index is 0.0546. The molecule has 0 aromatic carbocycles. The van der Waals surface area contributed by atoms with E-state index in [9.17, 15) is 4.79 Å². The van der Waals surface area contributed by atoms with Crippen molar-refractivity contribution in [1.29, 1.82) is 0 Å². The fourth-order valence-electron chi connectivity index (χ4n) is 1.62. The topological polar surface area (TPSA) is 101 Å². The molecule has 0 radical (unpaired) electrons. The SMILES string of the molecule is CCCCCCCCCC(=O)OC(C)(C)C.O=C(O)C(=O)O. The van der Waals surface area contributed by atoms with E-state index >= 15 is 0 Å². The van der Waals surface area contributed by atoms with Gasteiger partial charge in [0.15, 0.2) is 0 Å². The molecule has 0 unspecified atom stereocenters. The second kappa shape index (κ2) is 13.1. The van der Waals surface area contributed by atoms with Crippen LogP contribution in [0.4, 0.5) is 0 Å². The minimum atomic E-state index is -1.82. The van der Waals surface area contributed by atoms with Crippen LogP contribution in [-0.4, -0.2) is 33.7 Å². The van der Waals surface area contributed by atoms with Crippen molar-refractivity contribution in [1.82, 2.24) is 0 Å². The van der Waals surface area contributed by atoms with Crippen molar-refractivity contribution in [2.45, 2.75) is 84.7 Å². The molecule has 0 atom stereocenters. The molecule has 0 rings (SSSR count). The van der Waals surface area contributed by atoms with Crippen LogP contribution in [0.2, 0.25) is 0 Å². The molecule has 0 aliphatic heterocycles. The zero-order valence-electron chi connectivity index (χ0n) is 14.2. The lowest BCUT2D eigenvalue weighted by atomic mass is 10.1. The summed E-state index contributed by atoms with van der Waals surface area (Å²) in [6.07, 6.45) is 9.23. The fourth-order valence-corrected chi connectivity index (χ4v) is 1.62. The van der Waals surface area contributed by atoms with E-state index in [0.29, 0.717) is 6.42 Å². The largest absolute Gasteiger partial charge is 0.473 e. The summed E-state index contributed by atoms with van der Waals surface area (Å²) in [5.41, 5.74) is -0.335. The number of hydrogen-bond donors (Lipinski definition) is 2. The molecule has 0 aromatic rings. The Balaban J connectivity index is 0. The Morgan fingerprint density at radius 1 is 0.818 bits per heavy atom. The first kappa shape index (κ1) is 22.7. The van der Waals surface area contributed by atoms with Crippen molar-refractivity contribution >= 4 is 17.9 Å². The van der Waals surface area contributed by atoms with Crippen LogP contribution >= 0.6 is 0 Å². The van der Waals surface area contributed by atoms with Gasteiger partial charge in [0.25, 0.3) is 0 Å². The third-order valence-electron chi connectivity index (χ3n) is 2.59. The first-order valence-electron chi connectivity index (χ1n) is 7.78. The van der Waals surface area contributed by atoms with Gasteiger partial charge in [-0.25, -0.2) is 9.59 Å². The summed E-state index contributed by atoms with van der Waals surface area (Å²) in [5.74, 6) is -3.70. The molecule has 0 aromatic heterocycles. The van der Waals surface area contributed by atoms with E-state index in [0.717, 1.165) is 12.8 Å². The number of esters is 1. The molecule has 6 heteroatoms. The van der Waals surface area contributed by atoms with Gasteiger partial charge in [0.1, 0.15) is 5.60 Å². The summed E-state index contributed by atoms with van der Waals surface area (Å²) >= 11 is 0. The van der Waals surface area contributed by atoms with Gasteiger partial charge in [-0.3, -0.25) is 4.79 Å². The van der Waals surface area contributed by atoms with Gasteiger partial charge < -0.3 is 14.9 Å². The van der Waals surface area contributed by atoms with E-state index in [1.165, 1.54) is 32.1 Å². The highest BCUT2D eigenvalue weighted by Gasteiger charge is 2.15. The van der Waals surface area contributed by atoms with Crippen LogP contribution in [0.15, 0.2) is 0 Å². The maximum atomic E-state index is 11.4. The van der Waals surface area contributed by atoms with E-state index in [1.54, 1.807) is 0 Å². The number of hydrogen-bond acceptors (Lipinski definition) is 4. The summed E-state index contributed by atoms with van der Waals surface area (Å²) in [7, 11) is 0. The molecule has 130 valence electrons. The molecule has 0 fully saturated rings. The molecule has 0 heterocycles. The molecule has 0 amide bonds. The van der Waals surface area contributed by atoms with E-state index in [4.69, 9.17) is 24.5 Å². The van der Waals surface area contributed by atoms with Gasteiger partial charge in [0, 0.05) is 6.42 Å². The molecule has 0 aliphatic rings. The molecule has 0 saturated heterocycles. The second-order valence-corrected chi connectivity index (χ2v) is 6.07. The Kier molecular flexibility index (Phi) is 13.5. The third kappa shape index (κ3) is 20.7. The number of ether oxygens (including phenoxy) is 1. The maximum Gasteiger partial charge on any atom is 0.414 e. The number of unbranched alkanes of at least 4 members (excludes halogenated alkanes) is 6. The zero-order chi connectivity index (χ0) is 17.6. The second-order valence-electron chi connectivity index (χ2n) is 6.07. The number of carbonyl (C=O) groups is 3. The summed E-state index contributed by atoms with van der Waals surface area (Å²) in [6, 6.07) is 0. The van der Waals surface area contributed by atoms with E-state index < -0.39 is 11.9 Å². The molecule has 0 bridgehead atoms. The van der Waals surface area contributed by atoms with Gasteiger partial charge in [0.05, 0.1) is 0 Å². The molecular formula is C16H30O6. The number of carboxylic acids is 2. The van der Waals surface area contributed by atoms with Gasteiger partial charge >= 0.3 is 17.9 Å². The molecule has 0 saturated carbocycles. The first-order valence-corrected chi connectivity index (χ1v) is 7.78. The smallest absolute Gasteiger partial charge is 0.414 e. The van der Waals surface area contributed by atoms with Gasteiger partial charge in [0.2, 0.25) is 0 Å². The standard InChI is InChI=1S/C14H28O2.C2H2O4/c1-5-6-7-8-9-10-11-12-13(15)16-14(2,3)4;3-1(4)2(5)6/h5-12H2,1-4H3;(H,3,4)(H,5,6). The summed E-state index contributed by atoms with van der Waals surface area (Å²) in [6.45, 7) is 7.96. The van der Waals surface area contributed by atoms with E-state index in [2.05, 4.69) is 6.92 Å². The molecule has 2 N–H and O–H groups in total. The molecule has 22 heavy (non-hydrogen) atoms. The van der Waals surface area contributed by atoms with Gasteiger partial charge in [-0.1, -0.05) is 45.4 Å². The Morgan fingerprint density at radius 2 is 1.23 bits per heavy atom. The number of rotatable bonds is 8. The van der Waals surface area contributed by atoms with E-state index in [-0.39, 0.29) is 11.6 Å². The normalized spacial score (nSPS) is 10.4. The zero-order valence-corrected chi connectivity index (χ0v) is 14.2. The number of carboxylic acid groups (broad SMARTS) is 2. The fraction of sp³-hybridized carbons (Fsp3) is 0.812. The summed E-state index contributed by atoms with van der Waals surface area (Å²) in [4.78, 5) is 29.6. The Bertz CT molecular complexity index is 318. The predicted octanol–water partition coefficient (Wildman–Crippen LogP) is 3.62. The molecule has 0 aliphatic carbocycles. The highest BCUT2D eigenvalue weighted by Crippen LogP contribution is 2.12. The van der Waals surface area contributed by atoms with Crippen molar-refractivity contribution in [3.63, 3.8) is 0 Å². The highest BCUT2D eigenvalue weighted by molar-refractivity contribution is 6.27. The molecule has 6 nitrogen and oxygen atoms in total. The molecule has 0 spiro atoms. The quantitative estimate of drug-likeness (QED) is 0.402. The van der Waals surface area contributed by atoms with Crippen LogP contribution in [-0.2, 0) is 19.1 Å². The van der Waals surface area contributed by atoms with Crippen LogP contribution in [0.1, 0.15) is 79.1 Å². The average Bonchev–Trinajstić information content (AvgIpc) is 2.36. The summed E-state index contributed by atoms with van der Waals surface area (Å²) < 4.78 is 5.24. The van der Waals surface area contributed by atoms with Gasteiger partial charge in [-0.15, -0.1) is 0 Å². The van der Waals surface area contributed by atoms with Gasteiger partial charge in [-0.05, 0) is 27.2 Å². The highest BCUT2D eigenvalue weighted by atomic mass is 16.6.